The molecule has 0 bridgehead atoms. The lowest BCUT2D eigenvalue weighted by molar-refractivity contribution is -0.142. The maximum Gasteiger partial charge on any atom is 0.267 e. The van der Waals surface area contributed by atoms with Crippen molar-refractivity contribution in [1.82, 2.24) is 10.2 Å². The molecule has 2 heterocycles. The van der Waals surface area contributed by atoms with Gasteiger partial charge in [0, 0.05) is 30.8 Å². The van der Waals surface area contributed by atoms with E-state index in [1.54, 1.807) is 0 Å². The van der Waals surface area contributed by atoms with Gasteiger partial charge >= 0.3 is 0 Å². The molecule has 1 aliphatic heterocycles. The SMILES string of the molecule is O=C(N[C@@H]1CCC1(F)F)[C@@H]1CCC[C@@]12CCN(C(=O)c1cccs1)C2. The third kappa shape index (κ3) is 2.86. The summed E-state index contributed by atoms with van der Waals surface area (Å²) in [5, 5.41) is 4.46. The Hall–Kier alpha value is -1.50. The number of carbonyl (C=O) groups excluding carboxylic acids is 2. The van der Waals surface area contributed by atoms with E-state index in [4.69, 9.17) is 0 Å². The zero-order valence-electron chi connectivity index (χ0n) is 14.0. The van der Waals surface area contributed by atoms with Gasteiger partial charge in [-0.25, -0.2) is 8.78 Å². The molecule has 1 N–H and O–H groups in total. The molecular formula is C18H22F2N2O2S. The van der Waals surface area contributed by atoms with E-state index in [0.717, 1.165) is 25.7 Å². The predicted octanol–water partition coefficient (Wildman–Crippen LogP) is 3.29. The van der Waals surface area contributed by atoms with Crippen molar-refractivity contribution in [1.29, 1.82) is 0 Å². The molecule has 1 aromatic heterocycles. The average Bonchev–Trinajstić information content (AvgIpc) is 3.33. The van der Waals surface area contributed by atoms with Gasteiger partial charge in [-0.05, 0) is 37.1 Å². The predicted molar refractivity (Wildman–Crippen MR) is 90.7 cm³/mol. The number of rotatable bonds is 3. The van der Waals surface area contributed by atoms with Gasteiger partial charge in [0.05, 0.1) is 10.9 Å². The van der Waals surface area contributed by atoms with Crippen LogP contribution in [0.2, 0.25) is 0 Å². The first-order valence-electron chi connectivity index (χ1n) is 8.92. The van der Waals surface area contributed by atoms with Gasteiger partial charge < -0.3 is 10.2 Å². The highest BCUT2D eigenvalue weighted by atomic mass is 32.1. The first-order valence-corrected chi connectivity index (χ1v) is 9.80. The molecule has 1 saturated heterocycles. The Balaban J connectivity index is 1.44. The van der Waals surface area contributed by atoms with Crippen LogP contribution in [0.1, 0.15) is 48.2 Å². The number of likely N-dealkylation sites (tertiary alicyclic amines) is 1. The summed E-state index contributed by atoms with van der Waals surface area (Å²) in [6.45, 7) is 1.20. The largest absolute Gasteiger partial charge is 0.347 e. The molecule has 2 amide bonds. The standard InChI is InChI=1S/C18H22F2N2O2S/c19-18(20)7-5-14(18)21-15(23)12-3-1-6-17(12)8-9-22(11-17)16(24)13-4-2-10-25-13/h2,4,10,12,14H,1,3,5-9,11H2,(H,21,23)/t12-,14+,17-/m0/s1. The summed E-state index contributed by atoms with van der Waals surface area (Å²) in [6, 6.07) is 2.66. The van der Waals surface area contributed by atoms with Crippen molar-refractivity contribution in [3.05, 3.63) is 22.4 Å². The van der Waals surface area contributed by atoms with Crippen LogP contribution < -0.4 is 5.32 Å². The van der Waals surface area contributed by atoms with Crippen molar-refractivity contribution in [2.45, 2.75) is 50.5 Å². The zero-order chi connectivity index (χ0) is 17.7. The van der Waals surface area contributed by atoms with Crippen LogP contribution in [0.25, 0.3) is 0 Å². The van der Waals surface area contributed by atoms with Crippen molar-refractivity contribution in [2.75, 3.05) is 13.1 Å². The Bertz CT molecular complexity index is 679. The van der Waals surface area contributed by atoms with Gasteiger partial charge in [-0.1, -0.05) is 12.5 Å². The van der Waals surface area contributed by atoms with Gasteiger partial charge in [0.1, 0.15) is 0 Å². The van der Waals surface area contributed by atoms with Crippen molar-refractivity contribution < 1.29 is 18.4 Å². The molecule has 2 aliphatic carbocycles. The van der Waals surface area contributed by atoms with E-state index in [1.165, 1.54) is 11.3 Å². The zero-order valence-corrected chi connectivity index (χ0v) is 14.8. The van der Waals surface area contributed by atoms with Crippen LogP contribution in [-0.4, -0.2) is 41.8 Å². The van der Waals surface area contributed by atoms with E-state index in [2.05, 4.69) is 5.32 Å². The molecule has 4 rings (SSSR count). The van der Waals surface area contributed by atoms with Gasteiger partial charge in [0.25, 0.3) is 11.8 Å². The Morgan fingerprint density at radius 2 is 2.08 bits per heavy atom. The molecule has 0 radical (unpaired) electrons. The molecule has 0 aromatic carbocycles. The van der Waals surface area contributed by atoms with E-state index in [1.807, 2.05) is 22.4 Å². The summed E-state index contributed by atoms with van der Waals surface area (Å²) in [5.41, 5.74) is -0.240. The number of hydrogen-bond acceptors (Lipinski definition) is 3. The normalized spacial score (nSPS) is 33.4. The highest BCUT2D eigenvalue weighted by Crippen LogP contribution is 2.50. The fraction of sp³-hybridized carbons (Fsp3) is 0.667. The number of alkyl halides is 2. The average molecular weight is 368 g/mol. The Morgan fingerprint density at radius 1 is 1.24 bits per heavy atom. The number of halogens is 2. The minimum Gasteiger partial charge on any atom is -0.347 e. The number of nitrogens with one attached hydrogen (secondary N) is 1. The molecule has 2 saturated carbocycles. The molecule has 3 atom stereocenters. The highest BCUT2D eigenvalue weighted by Gasteiger charge is 2.54. The van der Waals surface area contributed by atoms with E-state index in [0.29, 0.717) is 24.4 Å². The van der Waals surface area contributed by atoms with Crippen LogP contribution in [0.4, 0.5) is 8.78 Å². The third-order valence-electron chi connectivity index (χ3n) is 6.22. The first kappa shape index (κ1) is 16.9. The lowest BCUT2D eigenvalue weighted by Crippen LogP contribution is -2.57. The maximum atomic E-state index is 13.5. The van der Waals surface area contributed by atoms with Crippen LogP contribution in [0.5, 0.6) is 0 Å². The van der Waals surface area contributed by atoms with E-state index in [-0.39, 0.29) is 29.6 Å². The smallest absolute Gasteiger partial charge is 0.267 e. The summed E-state index contributed by atoms with van der Waals surface area (Å²) in [4.78, 5) is 27.8. The molecule has 0 unspecified atom stereocenters. The molecule has 3 fully saturated rings. The summed E-state index contributed by atoms with van der Waals surface area (Å²) in [7, 11) is 0. The maximum absolute atomic E-state index is 13.5. The molecule has 4 nitrogen and oxygen atoms in total. The fourth-order valence-corrected chi connectivity index (χ4v) is 5.31. The van der Waals surface area contributed by atoms with Crippen molar-refractivity contribution in [3.8, 4) is 0 Å². The Kier molecular flexibility index (Phi) is 4.09. The fourth-order valence-electron chi connectivity index (χ4n) is 4.62. The quantitative estimate of drug-likeness (QED) is 0.890. The van der Waals surface area contributed by atoms with Gasteiger partial charge in [-0.15, -0.1) is 11.3 Å². The number of amides is 2. The molecule has 1 spiro atoms. The molecule has 1 aromatic rings. The van der Waals surface area contributed by atoms with Gasteiger partial charge in [-0.2, -0.15) is 0 Å². The van der Waals surface area contributed by atoms with Crippen LogP contribution in [0.3, 0.4) is 0 Å². The Morgan fingerprint density at radius 3 is 2.72 bits per heavy atom. The van der Waals surface area contributed by atoms with E-state index >= 15 is 0 Å². The minimum atomic E-state index is -2.77. The molecule has 7 heteroatoms. The first-order chi connectivity index (χ1) is 11.9. The third-order valence-corrected chi connectivity index (χ3v) is 7.08. The van der Waals surface area contributed by atoms with Crippen molar-refractivity contribution in [3.63, 3.8) is 0 Å². The summed E-state index contributed by atoms with van der Waals surface area (Å²) >= 11 is 1.42. The summed E-state index contributed by atoms with van der Waals surface area (Å²) in [5.74, 6) is -3.25. The van der Waals surface area contributed by atoms with Gasteiger partial charge in [0.2, 0.25) is 5.91 Å². The lowest BCUT2D eigenvalue weighted by atomic mass is 9.76. The highest BCUT2D eigenvalue weighted by molar-refractivity contribution is 7.12. The Labute approximate surface area is 149 Å². The molecule has 3 aliphatic rings. The van der Waals surface area contributed by atoms with Gasteiger partial charge in [-0.3, -0.25) is 9.59 Å². The second kappa shape index (κ2) is 6.04. The monoisotopic (exact) mass is 368 g/mol. The van der Waals surface area contributed by atoms with Crippen LogP contribution in [0, 0.1) is 11.3 Å². The lowest BCUT2D eigenvalue weighted by Gasteiger charge is -2.39. The summed E-state index contributed by atoms with van der Waals surface area (Å²) < 4.78 is 27.0. The van der Waals surface area contributed by atoms with Gasteiger partial charge in [0.15, 0.2) is 0 Å². The van der Waals surface area contributed by atoms with E-state index in [9.17, 15) is 18.4 Å². The van der Waals surface area contributed by atoms with Crippen LogP contribution in [0.15, 0.2) is 17.5 Å². The number of nitrogens with zero attached hydrogens (tertiary/aromatic N) is 1. The minimum absolute atomic E-state index is 0.0171. The van der Waals surface area contributed by atoms with Crippen LogP contribution >= 0.6 is 11.3 Å². The van der Waals surface area contributed by atoms with E-state index < -0.39 is 12.0 Å². The molecule has 136 valence electrons. The molecule has 25 heavy (non-hydrogen) atoms. The second-order valence-electron chi connectivity index (χ2n) is 7.62. The van der Waals surface area contributed by atoms with Crippen LogP contribution in [-0.2, 0) is 4.79 Å². The summed E-state index contributed by atoms with van der Waals surface area (Å²) in [6.07, 6.45) is 3.52. The number of thiophene rings is 1. The number of carbonyl (C=O) groups is 2. The second-order valence-corrected chi connectivity index (χ2v) is 8.57. The topological polar surface area (TPSA) is 49.4 Å². The van der Waals surface area contributed by atoms with Crippen molar-refractivity contribution >= 4 is 23.2 Å². The van der Waals surface area contributed by atoms with Crippen molar-refractivity contribution in [2.24, 2.45) is 11.3 Å². The molecular weight excluding hydrogens is 346 g/mol. The number of hydrogen-bond donors (Lipinski definition) is 1.